The highest BCUT2D eigenvalue weighted by atomic mass is 14.8. The van der Waals surface area contributed by atoms with Gasteiger partial charge in [-0.3, -0.25) is 9.97 Å². The predicted octanol–water partition coefficient (Wildman–Crippen LogP) is 10.4. The molecule has 8 bridgehead atoms. The molecule has 5 aromatic heterocycles. The normalized spacial score (nSPS) is 12.2. The first-order valence-corrected chi connectivity index (χ1v) is 16.0. The van der Waals surface area contributed by atoms with Crippen LogP contribution in [0.3, 0.4) is 0 Å². The Kier molecular flexibility index (Phi) is 5.02. The Labute approximate surface area is 273 Å². The summed E-state index contributed by atoms with van der Waals surface area (Å²) in [5.41, 5.74) is 12.1. The fourth-order valence-electron chi connectivity index (χ4n) is 7.53. The molecule has 2 aliphatic heterocycles. The van der Waals surface area contributed by atoms with E-state index in [0.717, 1.165) is 110 Å². The van der Waals surface area contributed by atoms with Crippen molar-refractivity contribution in [2.24, 2.45) is 0 Å². The Morgan fingerprint density at radius 2 is 0.688 bits per heavy atom. The molecule has 0 atom stereocenters. The molecule has 0 fully saturated rings. The number of H-pyrrole nitrogens is 2. The average molecular weight is 613 g/mol. The van der Waals surface area contributed by atoms with Crippen LogP contribution in [-0.4, -0.2) is 29.9 Å². The van der Waals surface area contributed by atoms with E-state index in [0.29, 0.717) is 0 Å². The lowest BCUT2D eigenvalue weighted by Crippen LogP contribution is -1.76. The van der Waals surface area contributed by atoms with Crippen molar-refractivity contribution in [3.63, 3.8) is 0 Å². The Bertz CT molecular complexity index is 2620. The van der Waals surface area contributed by atoms with Gasteiger partial charge in [-0.2, -0.15) is 0 Å². The van der Waals surface area contributed by atoms with Gasteiger partial charge in [0.25, 0.3) is 0 Å². The molecule has 0 amide bonds. The summed E-state index contributed by atoms with van der Waals surface area (Å²) in [6.45, 7) is 0. The molecule has 6 heteroatoms. The summed E-state index contributed by atoms with van der Waals surface area (Å²) in [7, 11) is 0. The number of hydrogen-bond acceptors (Lipinski definition) is 4. The van der Waals surface area contributed by atoms with Crippen molar-refractivity contribution >= 4 is 65.2 Å². The smallest absolute Gasteiger partial charge is 0.0737 e. The van der Waals surface area contributed by atoms with E-state index in [4.69, 9.17) is 9.97 Å². The zero-order valence-electron chi connectivity index (χ0n) is 25.5. The first-order chi connectivity index (χ1) is 23.7. The molecule has 48 heavy (non-hydrogen) atoms. The third-order valence-corrected chi connectivity index (χ3v) is 9.82. The second kappa shape index (κ2) is 9.44. The van der Waals surface area contributed by atoms with E-state index in [1.165, 1.54) is 0 Å². The number of fused-ring (bicyclic) bond motifs is 22. The first kappa shape index (κ1) is 25.5. The minimum atomic E-state index is 0.920. The minimum Gasteiger partial charge on any atom is -0.354 e. The van der Waals surface area contributed by atoms with Crippen LogP contribution in [0.15, 0.2) is 134 Å². The molecule has 0 saturated carbocycles. The molecule has 2 N–H and O–H groups in total. The molecule has 4 aromatic carbocycles. The number of pyridine rings is 2. The maximum atomic E-state index is 5.27. The minimum absolute atomic E-state index is 0.920. The quantitative estimate of drug-likeness (QED) is 0.178. The van der Waals surface area contributed by atoms with Crippen LogP contribution in [-0.2, 0) is 0 Å². The standard InChI is InChI=1S/C42H24N6/c1-3-7-29-27(5-1)35-17-39-31-13-23-9-11-43-21-25(23)15-33(31)42(47-39)20-38-30-8-4-2-6-28(30)36(46-38)18-40-32-14-24-10-12-44-22-26(24)16-34(32)41(48-40)19-37(29)45-35/h1-22,47-48H. The van der Waals surface area contributed by atoms with Crippen LogP contribution >= 0.6 is 0 Å². The number of nitrogens with one attached hydrogen (secondary N) is 2. The Morgan fingerprint density at radius 1 is 0.354 bits per heavy atom. The van der Waals surface area contributed by atoms with Crippen molar-refractivity contribution in [3.8, 4) is 45.0 Å². The summed E-state index contributed by atoms with van der Waals surface area (Å²) in [6.07, 6.45) is 7.55. The Morgan fingerprint density at radius 3 is 1.04 bits per heavy atom. The summed E-state index contributed by atoms with van der Waals surface area (Å²) in [4.78, 5) is 26.9. The van der Waals surface area contributed by atoms with Gasteiger partial charge in [-0.05, 0) is 71.4 Å². The van der Waals surface area contributed by atoms with Crippen LogP contribution in [0.25, 0.3) is 110 Å². The fraction of sp³-hybridized carbons (Fsp3) is 0. The van der Waals surface area contributed by atoms with Gasteiger partial charge in [0.05, 0.1) is 22.8 Å². The van der Waals surface area contributed by atoms with Crippen molar-refractivity contribution in [1.29, 1.82) is 0 Å². The topological polar surface area (TPSA) is 83.1 Å². The Hall–Kier alpha value is -6.66. The number of aromatic nitrogens is 6. The van der Waals surface area contributed by atoms with E-state index in [9.17, 15) is 0 Å². The summed E-state index contributed by atoms with van der Waals surface area (Å²) in [5, 5.41) is 8.97. The van der Waals surface area contributed by atoms with E-state index >= 15 is 0 Å². The summed E-state index contributed by atoms with van der Waals surface area (Å²) >= 11 is 0. The fourth-order valence-corrected chi connectivity index (χ4v) is 7.53. The van der Waals surface area contributed by atoms with Crippen LogP contribution < -0.4 is 0 Å². The van der Waals surface area contributed by atoms with E-state index in [2.05, 4.69) is 129 Å². The van der Waals surface area contributed by atoms with Crippen LogP contribution in [0.4, 0.5) is 0 Å². The average Bonchev–Trinajstić information content (AvgIpc) is 3.85. The van der Waals surface area contributed by atoms with Gasteiger partial charge in [0.15, 0.2) is 0 Å². The van der Waals surface area contributed by atoms with Crippen molar-refractivity contribution in [2.45, 2.75) is 0 Å². The molecule has 11 rings (SSSR count). The number of benzene rings is 4. The second-order valence-electron chi connectivity index (χ2n) is 12.6. The first-order valence-electron chi connectivity index (χ1n) is 16.0. The van der Waals surface area contributed by atoms with Crippen molar-refractivity contribution in [2.75, 3.05) is 0 Å². The molecule has 0 unspecified atom stereocenters. The molecular formula is C42H24N6. The number of hydrogen-bond donors (Lipinski definition) is 2. The SMILES string of the molecule is c1ccc2c(c1)-c1cc3[nH]c(cc4nc(cc5[nH]c(cc-2n1)c1cc2cnccc2cc51)-c1ccccc1-4)c1cc2cnccc2cc31. The number of aromatic amines is 2. The lowest BCUT2D eigenvalue weighted by Gasteiger charge is -1.99. The van der Waals surface area contributed by atoms with Crippen molar-refractivity contribution in [1.82, 2.24) is 29.9 Å². The van der Waals surface area contributed by atoms with Crippen LogP contribution in [0.5, 0.6) is 0 Å². The van der Waals surface area contributed by atoms with E-state index in [1.807, 2.05) is 24.8 Å². The maximum Gasteiger partial charge on any atom is 0.0737 e. The molecule has 222 valence electrons. The van der Waals surface area contributed by atoms with Gasteiger partial charge in [0, 0.05) is 101 Å². The molecule has 6 nitrogen and oxygen atoms in total. The molecule has 7 heterocycles. The van der Waals surface area contributed by atoms with Crippen molar-refractivity contribution < 1.29 is 0 Å². The lowest BCUT2D eigenvalue weighted by atomic mass is 10.0. The molecule has 0 aliphatic carbocycles. The van der Waals surface area contributed by atoms with Crippen molar-refractivity contribution in [3.05, 3.63) is 134 Å². The maximum absolute atomic E-state index is 5.27. The van der Waals surface area contributed by atoms with Crippen LogP contribution in [0.1, 0.15) is 0 Å². The molecule has 0 spiro atoms. The zero-order valence-corrected chi connectivity index (χ0v) is 25.5. The Balaban J connectivity index is 1.36. The van der Waals surface area contributed by atoms with Crippen LogP contribution in [0.2, 0.25) is 0 Å². The van der Waals surface area contributed by atoms with Gasteiger partial charge in [0.1, 0.15) is 0 Å². The summed E-state index contributed by atoms with van der Waals surface area (Å²) < 4.78 is 0. The van der Waals surface area contributed by atoms with Gasteiger partial charge in [0.2, 0.25) is 0 Å². The zero-order chi connectivity index (χ0) is 31.3. The molecule has 0 radical (unpaired) electrons. The van der Waals surface area contributed by atoms with Gasteiger partial charge >= 0.3 is 0 Å². The largest absolute Gasteiger partial charge is 0.354 e. The van der Waals surface area contributed by atoms with E-state index in [-0.39, 0.29) is 0 Å². The highest BCUT2D eigenvalue weighted by Crippen LogP contribution is 2.41. The third kappa shape index (κ3) is 3.68. The number of nitrogens with zero attached hydrogens (tertiary/aromatic N) is 4. The monoisotopic (exact) mass is 612 g/mol. The molecule has 2 aliphatic rings. The second-order valence-corrected chi connectivity index (χ2v) is 12.6. The summed E-state index contributed by atoms with van der Waals surface area (Å²) in [5.74, 6) is 0. The third-order valence-electron chi connectivity index (χ3n) is 9.82. The van der Waals surface area contributed by atoms with Gasteiger partial charge in [-0.25, -0.2) is 9.97 Å². The van der Waals surface area contributed by atoms with Gasteiger partial charge < -0.3 is 9.97 Å². The molecular weight excluding hydrogens is 589 g/mol. The van der Waals surface area contributed by atoms with Gasteiger partial charge in [-0.1, -0.05) is 48.5 Å². The molecule has 9 aromatic rings. The molecule has 0 saturated heterocycles. The van der Waals surface area contributed by atoms with E-state index in [1.54, 1.807) is 0 Å². The van der Waals surface area contributed by atoms with Gasteiger partial charge in [-0.15, -0.1) is 0 Å². The lowest BCUT2D eigenvalue weighted by molar-refractivity contribution is 1.37. The predicted molar refractivity (Wildman–Crippen MR) is 195 cm³/mol. The highest BCUT2D eigenvalue weighted by Gasteiger charge is 2.19. The van der Waals surface area contributed by atoms with E-state index < -0.39 is 0 Å². The van der Waals surface area contributed by atoms with Crippen LogP contribution in [0, 0.1) is 0 Å². The summed E-state index contributed by atoms with van der Waals surface area (Å²) in [6, 6.07) is 38.8. The number of rotatable bonds is 0. The highest BCUT2D eigenvalue weighted by molar-refractivity contribution is 6.15.